The van der Waals surface area contributed by atoms with Crippen molar-refractivity contribution < 1.29 is 14.6 Å². The molecule has 0 heterocycles. The van der Waals surface area contributed by atoms with Crippen LogP contribution < -0.4 is 0 Å². The number of nitrogens with zero attached hydrogens (tertiary/aromatic N) is 2. The van der Waals surface area contributed by atoms with Crippen LogP contribution in [0, 0.1) is 29.6 Å². The van der Waals surface area contributed by atoms with Crippen molar-refractivity contribution in [1.82, 2.24) is 0 Å². The van der Waals surface area contributed by atoms with Gasteiger partial charge in [-0.05, 0) is 56.5 Å². The summed E-state index contributed by atoms with van der Waals surface area (Å²) in [6.45, 7) is 14.9. The first-order chi connectivity index (χ1) is 15.2. The molecule has 0 spiro atoms. The molecular weight excluding hydrogens is 400 g/mol. The first-order valence-electron chi connectivity index (χ1n) is 10.3. The molecule has 0 fully saturated rings. The number of hydrogen-bond acceptors (Lipinski definition) is 5. The first kappa shape index (κ1) is 26.4. The number of benzene rings is 1. The van der Waals surface area contributed by atoms with Crippen molar-refractivity contribution in [2.75, 3.05) is 13.2 Å². The van der Waals surface area contributed by atoms with Gasteiger partial charge in [-0.2, -0.15) is 10.5 Å². The van der Waals surface area contributed by atoms with Gasteiger partial charge in [-0.1, -0.05) is 43.0 Å². The van der Waals surface area contributed by atoms with Crippen LogP contribution in [0.15, 0.2) is 77.6 Å². The molecule has 0 aromatic heterocycles. The molecule has 0 aliphatic rings. The second-order valence-corrected chi connectivity index (χ2v) is 7.38. The molecule has 0 saturated carbocycles. The number of nitriles is 2. The predicted octanol–water partition coefficient (Wildman–Crippen LogP) is 5.92. The molecule has 0 radical (unpaired) electrons. The van der Waals surface area contributed by atoms with Gasteiger partial charge in [0, 0.05) is 17.1 Å². The van der Waals surface area contributed by atoms with Gasteiger partial charge in [-0.3, -0.25) is 4.79 Å². The molecule has 0 aliphatic heterocycles. The van der Waals surface area contributed by atoms with E-state index in [1.807, 2.05) is 32.9 Å². The van der Waals surface area contributed by atoms with E-state index in [-0.39, 0.29) is 31.2 Å². The topological polar surface area (TPSA) is 94.1 Å². The van der Waals surface area contributed by atoms with Crippen LogP contribution in [0.2, 0.25) is 0 Å². The van der Waals surface area contributed by atoms with E-state index in [4.69, 9.17) is 10.00 Å². The lowest BCUT2D eigenvalue weighted by Crippen LogP contribution is -2.21. The van der Waals surface area contributed by atoms with Crippen LogP contribution in [-0.4, -0.2) is 24.1 Å². The molecule has 1 rings (SSSR count). The highest BCUT2D eigenvalue weighted by molar-refractivity contribution is 6.00. The van der Waals surface area contributed by atoms with Gasteiger partial charge in [0.2, 0.25) is 0 Å². The molecule has 0 saturated heterocycles. The average Bonchev–Trinajstić information content (AvgIpc) is 2.78. The molecule has 5 heteroatoms. The van der Waals surface area contributed by atoms with Crippen LogP contribution in [0.25, 0.3) is 0 Å². The van der Waals surface area contributed by atoms with E-state index < -0.39 is 5.92 Å². The monoisotopic (exact) mass is 430 g/mol. The maximum absolute atomic E-state index is 13.3. The number of aliphatic hydroxyl groups is 1. The van der Waals surface area contributed by atoms with Crippen molar-refractivity contribution >= 4 is 5.78 Å². The third kappa shape index (κ3) is 6.94. The summed E-state index contributed by atoms with van der Waals surface area (Å²) in [7, 11) is 0. The summed E-state index contributed by atoms with van der Waals surface area (Å²) in [5.74, 6) is -1.09. The maximum Gasteiger partial charge on any atom is 0.185 e. The van der Waals surface area contributed by atoms with Gasteiger partial charge < -0.3 is 9.84 Å². The summed E-state index contributed by atoms with van der Waals surface area (Å²) in [4.78, 5) is 13.3. The lowest BCUT2D eigenvalue weighted by atomic mass is 9.77. The lowest BCUT2D eigenvalue weighted by molar-refractivity contribution is -0.120. The molecular formula is C27H30N2O3. The van der Waals surface area contributed by atoms with Crippen LogP contribution in [0.5, 0.6) is 0 Å². The number of aliphatic hydroxyl groups excluding tert-OH is 1. The first-order valence-corrected chi connectivity index (χ1v) is 10.3. The zero-order valence-corrected chi connectivity index (χ0v) is 19.2. The van der Waals surface area contributed by atoms with Crippen molar-refractivity contribution in [2.45, 2.75) is 40.0 Å². The van der Waals surface area contributed by atoms with Crippen molar-refractivity contribution in [2.24, 2.45) is 0 Å². The summed E-state index contributed by atoms with van der Waals surface area (Å²) >= 11 is 0. The largest absolute Gasteiger partial charge is 0.508 e. The number of allylic oxidation sites excluding steroid dienone is 6. The molecule has 1 aromatic rings. The van der Waals surface area contributed by atoms with Crippen molar-refractivity contribution in [3.63, 3.8) is 0 Å². The number of rotatable bonds is 11. The Labute approximate surface area is 191 Å². The molecule has 5 nitrogen and oxygen atoms in total. The number of carbonyl (C=O) groups excluding carboxylic acids is 1. The Bertz CT molecular complexity index is 1060. The fourth-order valence-electron chi connectivity index (χ4n) is 3.29. The fourth-order valence-corrected chi connectivity index (χ4v) is 3.29. The number of Topliss-reactive ketones (excluding diaryl/α,β-unsaturated/α-hetero) is 1. The van der Waals surface area contributed by atoms with Gasteiger partial charge in [-0.25, -0.2) is 0 Å². The van der Waals surface area contributed by atoms with Gasteiger partial charge in [0.1, 0.15) is 12.4 Å². The fraction of sp³-hybridized carbons (Fsp3) is 0.296. The van der Waals surface area contributed by atoms with E-state index in [2.05, 4.69) is 19.2 Å². The number of ether oxygens (including phenoxy) is 1. The normalized spacial score (nSPS) is 13.4. The van der Waals surface area contributed by atoms with Crippen LogP contribution in [-0.2, 0) is 9.53 Å². The van der Waals surface area contributed by atoms with E-state index in [1.54, 1.807) is 37.3 Å². The molecule has 32 heavy (non-hydrogen) atoms. The highest BCUT2D eigenvalue weighted by Gasteiger charge is 2.30. The van der Waals surface area contributed by atoms with Crippen molar-refractivity contribution in [3.05, 3.63) is 94.3 Å². The molecule has 0 unspecified atom stereocenters. The Balaban J connectivity index is 3.82. The Morgan fingerprint density at radius 1 is 1.31 bits per heavy atom. The summed E-state index contributed by atoms with van der Waals surface area (Å²) in [5, 5.41) is 28.5. The molecule has 166 valence electrons. The summed E-state index contributed by atoms with van der Waals surface area (Å²) in [5.41, 5.74) is 4.46. The van der Waals surface area contributed by atoms with E-state index in [0.717, 1.165) is 16.7 Å². The van der Waals surface area contributed by atoms with Crippen LogP contribution in [0.3, 0.4) is 0 Å². The number of carbonyl (C=O) groups is 1. The number of aryl methyl sites for hydroxylation is 1. The zero-order valence-electron chi connectivity index (χ0n) is 19.2. The molecule has 1 aromatic carbocycles. The van der Waals surface area contributed by atoms with Crippen LogP contribution in [0.4, 0.5) is 0 Å². The highest BCUT2D eigenvalue weighted by Crippen LogP contribution is 2.39. The average molecular weight is 431 g/mol. The minimum Gasteiger partial charge on any atom is -0.508 e. The van der Waals surface area contributed by atoms with Crippen molar-refractivity contribution in [3.8, 4) is 12.1 Å². The second-order valence-electron chi connectivity index (χ2n) is 7.38. The van der Waals surface area contributed by atoms with Gasteiger partial charge >= 0.3 is 0 Å². The SMILES string of the molecule is C=C/C(C)=C(/C(=O)COCCC#N)[C@H](/C(=C/C(C)=C\C)C(=C)O)c1ccc(C#N)cc1C. The quantitative estimate of drug-likeness (QED) is 0.204. The van der Waals surface area contributed by atoms with Gasteiger partial charge in [0.15, 0.2) is 5.78 Å². The molecule has 0 aliphatic carbocycles. The van der Waals surface area contributed by atoms with Gasteiger partial charge in [-0.15, -0.1) is 0 Å². The third-order valence-corrected chi connectivity index (χ3v) is 5.10. The van der Waals surface area contributed by atoms with Gasteiger partial charge in [0.05, 0.1) is 30.7 Å². The Hall–Kier alpha value is -3.67. The Kier molecular flexibility index (Phi) is 10.6. The predicted molar refractivity (Wildman–Crippen MR) is 127 cm³/mol. The molecule has 0 bridgehead atoms. The van der Waals surface area contributed by atoms with E-state index in [9.17, 15) is 15.2 Å². The van der Waals surface area contributed by atoms with E-state index >= 15 is 0 Å². The smallest absolute Gasteiger partial charge is 0.185 e. The lowest BCUT2D eigenvalue weighted by Gasteiger charge is -2.26. The molecule has 1 atom stereocenters. The van der Waals surface area contributed by atoms with Crippen LogP contribution in [0.1, 0.15) is 49.8 Å². The minimum atomic E-state index is -0.653. The molecule has 0 amide bonds. The van der Waals surface area contributed by atoms with Gasteiger partial charge in [0.25, 0.3) is 0 Å². The van der Waals surface area contributed by atoms with E-state index in [1.165, 1.54) is 0 Å². The summed E-state index contributed by atoms with van der Waals surface area (Å²) < 4.78 is 5.41. The summed E-state index contributed by atoms with van der Waals surface area (Å²) in [6.07, 6.45) is 5.46. The Morgan fingerprint density at radius 3 is 2.50 bits per heavy atom. The number of hydrogen-bond donors (Lipinski definition) is 1. The summed E-state index contributed by atoms with van der Waals surface area (Å²) in [6, 6.07) is 9.33. The maximum atomic E-state index is 13.3. The van der Waals surface area contributed by atoms with Crippen molar-refractivity contribution in [1.29, 1.82) is 10.5 Å². The molecule has 1 N–H and O–H groups in total. The minimum absolute atomic E-state index is 0.149. The standard InChI is InChI=1S/C27H30N2O3/c1-7-18(3)14-24(21(6)30)27(23-11-10-22(16-29)15-20(23)5)26(19(4)8-2)25(31)17-32-13-9-12-28/h7-8,10-11,14-15,27,30H,2,6,9,13,17H2,1,3-5H3/b18-7-,24-14+,26-19-/t27-/m0/s1. The second kappa shape index (κ2) is 12.9. The highest BCUT2D eigenvalue weighted by atomic mass is 16.5. The number of ketones is 1. The zero-order chi connectivity index (χ0) is 24.3. The Morgan fingerprint density at radius 2 is 2.00 bits per heavy atom. The van der Waals surface area contributed by atoms with Crippen LogP contribution >= 0.6 is 0 Å². The third-order valence-electron chi connectivity index (χ3n) is 5.10. The van der Waals surface area contributed by atoms with E-state index in [0.29, 0.717) is 22.3 Å².